The van der Waals surface area contributed by atoms with E-state index in [2.05, 4.69) is 15.1 Å². The molecule has 8 nitrogen and oxygen atoms in total. The third-order valence-corrected chi connectivity index (χ3v) is 5.89. The zero-order valence-electron chi connectivity index (χ0n) is 16.7. The van der Waals surface area contributed by atoms with Crippen molar-refractivity contribution >= 4 is 5.91 Å². The number of carbonyl (C=O) groups excluding carboxylic acids is 1. The molecule has 0 aromatic carbocycles. The first-order chi connectivity index (χ1) is 13.5. The van der Waals surface area contributed by atoms with Crippen molar-refractivity contribution in [2.24, 2.45) is 7.05 Å². The van der Waals surface area contributed by atoms with Gasteiger partial charge in [0.1, 0.15) is 0 Å². The quantitative estimate of drug-likeness (QED) is 0.773. The lowest BCUT2D eigenvalue weighted by Crippen LogP contribution is -2.49. The number of fused-ring (bicyclic) bond motifs is 1. The molecule has 150 valence electrons. The first-order valence-corrected chi connectivity index (χ1v) is 10.1. The zero-order chi connectivity index (χ0) is 19.7. The summed E-state index contributed by atoms with van der Waals surface area (Å²) in [5, 5.41) is 8.88. The van der Waals surface area contributed by atoms with E-state index in [0.29, 0.717) is 25.3 Å². The van der Waals surface area contributed by atoms with E-state index in [0.717, 1.165) is 62.3 Å². The monoisotopic (exact) mass is 384 g/mol. The number of hydrogen-bond acceptors (Lipinski definition) is 5. The Morgan fingerprint density at radius 3 is 2.50 bits per heavy atom. The van der Waals surface area contributed by atoms with E-state index in [-0.39, 0.29) is 11.5 Å². The van der Waals surface area contributed by atoms with Gasteiger partial charge in [0.15, 0.2) is 5.69 Å². The number of amides is 1. The summed E-state index contributed by atoms with van der Waals surface area (Å²) in [6.45, 7) is 6.28. The van der Waals surface area contributed by atoms with Gasteiger partial charge in [-0.3, -0.25) is 19.2 Å². The summed E-state index contributed by atoms with van der Waals surface area (Å²) in [4.78, 5) is 29.1. The maximum absolute atomic E-state index is 12.6. The van der Waals surface area contributed by atoms with Crippen LogP contribution in [-0.2, 0) is 26.4 Å². The first-order valence-electron chi connectivity index (χ1n) is 10.1. The molecule has 3 heterocycles. The van der Waals surface area contributed by atoms with Crippen LogP contribution in [0.1, 0.15) is 40.3 Å². The summed E-state index contributed by atoms with van der Waals surface area (Å²) in [6, 6.07) is 3.61. The van der Waals surface area contributed by atoms with Crippen LogP contribution in [0.25, 0.3) is 0 Å². The van der Waals surface area contributed by atoms with Crippen LogP contribution in [0.2, 0.25) is 0 Å². The summed E-state index contributed by atoms with van der Waals surface area (Å²) in [5.74, 6) is -0.00377. The number of carbonyl (C=O) groups is 1. The lowest BCUT2D eigenvalue weighted by Gasteiger charge is -2.34. The average molecular weight is 384 g/mol. The average Bonchev–Trinajstić information content (AvgIpc) is 3.05. The zero-order valence-corrected chi connectivity index (χ0v) is 16.7. The molecule has 0 spiro atoms. The molecule has 0 saturated carbocycles. The van der Waals surface area contributed by atoms with Crippen molar-refractivity contribution in [1.82, 2.24) is 29.4 Å². The lowest BCUT2D eigenvalue weighted by atomic mass is 9.97. The smallest absolute Gasteiger partial charge is 0.274 e. The molecule has 2 aromatic rings. The minimum Gasteiger partial charge on any atom is -0.335 e. The summed E-state index contributed by atoms with van der Waals surface area (Å²) >= 11 is 0. The predicted molar refractivity (Wildman–Crippen MR) is 105 cm³/mol. The van der Waals surface area contributed by atoms with Gasteiger partial charge in [0.05, 0.1) is 12.2 Å². The van der Waals surface area contributed by atoms with Gasteiger partial charge in [0.2, 0.25) is 0 Å². The summed E-state index contributed by atoms with van der Waals surface area (Å²) in [5.41, 5.74) is 3.71. The van der Waals surface area contributed by atoms with Crippen LogP contribution in [0.5, 0.6) is 0 Å². The number of hydrogen-bond donors (Lipinski definition) is 0. The van der Waals surface area contributed by atoms with Crippen molar-refractivity contribution in [2.75, 3.05) is 32.7 Å². The Labute approximate surface area is 164 Å². The van der Waals surface area contributed by atoms with Crippen LogP contribution in [0.15, 0.2) is 16.9 Å². The van der Waals surface area contributed by atoms with Gasteiger partial charge in [0, 0.05) is 51.5 Å². The maximum Gasteiger partial charge on any atom is 0.274 e. The summed E-state index contributed by atoms with van der Waals surface area (Å²) in [6.07, 6.45) is 4.26. The number of nitrogens with zero attached hydrogens (tertiary/aromatic N) is 6. The highest BCUT2D eigenvalue weighted by Crippen LogP contribution is 2.17. The van der Waals surface area contributed by atoms with E-state index in [1.807, 2.05) is 24.9 Å². The number of aryl methyl sites for hydroxylation is 4. The molecule has 0 bridgehead atoms. The highest BCUT2D eigenvalue weighted by atomic mass is 16.2. The van der Waals surface area contributed by atoms with Crippen LogP contribution < -0.4 is 5.56 Å². The van der Waals surface area contributed by atoms with E-state index in [4.69, 9.17) is 0 Å². The first kappa shape index (κ1) is 18.9. The SMILES string of the molecule is Cc1cc(C(=O)N2CCN(CCn3nc4c(cc3=O)CCCC4)CC2)nn1C. The van der Waals surface area contributed by atoms with E-state index in [1.165, 1.54) is 0 Å². The van der Waals surface area contributed by atoms with E-state index in [1.54, 1.807) is 15.4 Å². The fraction of sp³-hybridized carbons (Fsp3) is 0.600. The fourth-order valence-electron chi connectivity index (χ4n) is 4.00. The standard InChI is InChI=1S/C20H28N6O2/c1-15-13-18(21-23(15)2)20(28)25-10-7-24(8-11-25)9-12-26-19(27)14-16-5-3-4-6-17(16)22-26/h13-14H,3-12H2,1-2H3. The molecule has 2 aromatic heterocycles. The molecule has 1 aliphatic carbocycles. The minimum atomic E-state index is -0.00377. The molecule has 0 atom stereocenters. The molecule has 4 rings (SSSR count). The third kappa shape index (κ3) is 3.87. The topological polar surface area (TPSA) is 76.3 Å². The van der Waals surface area contributed by atoms with Gasteiger partial charge in [-0.25, -0.2) is 4.68 Å². The van der Waals surface area contributed by atoms with Crippen LogP contribution >= 0.6 is 0 Å². The second-order valence-corrected chi connectivity index (χ2v) is 7.81. The third-order valence-electron chi connectivity index (χ3n) is 5.89. The largest absolute Gasteiger partial charge is 0.335 e. The van der Waals surface area contributed by atoms with Crippen molar-refractivity contribution in [3.05, 3.63) is 45.1 Å². The van der Waals surface area contributed by atoms with Crippen LogP contribution in [0, 0.1) is 6.92 Å². The van der Waals surface area contributed by atoms with Crippen molar-refractivity contribution < 1.29 is 4.79 Å². The molecular formula is C20H28N6O2. The fourth-order valence-corrected chi connectivity index (χ4v) is 4.00. The molecular weight excluding hydrogens is 356 g/mol. The van der Waals surface area contributed by atoms with Gasteiger partial charge in [-0.05, 0) is 44.2 Å². The van der Waals surface area contributed by atoms with E-state index < -0.39 is 0 Å². The molecule has 28 heavy (non-hydrogen) atoms. The number of rotatable bonds is 4. The van der Waals surface area contributed by atoms with Crippen molar-refractivity contribution in [1.29, 1.82) is 0 Å². The highest BCUT2D eigenvalue weighted by molar-refractivity contribution is 5.92. The molecule has 1 saturated heterocycles. The molecule has 2 aliphatic rings. The molecule has 0 unspecified atom stereocenters. The number of aromatic nitrogens is 4. The molecule has 1 aliphatic heterocycles. The normalized spacial score (nSPS) is 17.6. The lowest BCUT2D eigenvalue weighted by molar-refractivity contribution is 0.0625. The van der Waals surface area contributed by atoms with Crippen LogP contribution in [-0.4, -0.2) is 68.0 Å². The Kier molecular flexibility index (Phi) is 5.30. The second-order valence-electron chi connectivity index (χ2n) is 7.81. The van der Waals surface area contributed by atoms with Gasteiger partial charge in [-0.15, -0.1) is 0 Å². The van der Waals surface area contributed by atoms with Gasteiger partial charge in [0.25, 0.3) is 11.5 Å². The van der Waals surface area contributed by atoms with Crippen molar-refractivity contribution in [3.63, 3.8) is 0 Å². The Bertz CT molecular complexity index is 904. The van der Waals surface area contributed by atoms with Gasteiger partial charge < -0.3 is 4.90 Å². The molecule has 8 heteroatoms. The molecule has 0 N–H and O–H groups in total. The Morgan fingerprint density at radius 2 is 1.79 bits per heavy atom. The van der Waals surface area contributed by atoms with Gasteiger partial charge in [-0.1, -0.05) is 0 Å². The van der Waals surface area contributed by atoms with Crippen molar-refractivity contribution in [3.8, 4) is 0 Å². The minimum absolute atomic E-state index is 0.0000134. The Hall–Kier alpha value is -2.48. The van der Waals surface area contributed by atoms with Crippen LogP contribution in [0.4, 0.5) is 0 Å². The van der Waals surface area contributed by atoms with E-state index in [9.17, 15) is 9.59 Å². The molecule has 1 fully saturated rings. The maximum atomic E-state index is 12.6. The summed E-state index contributed by atoms with van der Waals surface area (Å²) < 4.78 is 3.34. The van der Waals surface area contributed by atoms with Crippen LogP contribution in [0.3, 0.4) is 0 Å². The number of piperazine rings is 1. The second kappa shape index (κ2) is 7.87. The van der Waals surface area contributed by atoms with E-state index >= 15 is 0 Å². The summed E-state index contributed by atoms with van der Waals surface area (Å²) in [7, 11) is 1.85. The molecule has 0 radical (unpaired) electrons. The highest BCUT2D eigenvalue weighted by Gasteiger charge is 2.24. The van der Waals surface area contributed by atoms with Gasteiger partial charge in [-0.2, -0.15) is 10.2 Å². The molecule has 1 amide bonds. The van der Waals surface area contributed by atoms with Gasteiger partial charge >= 0.3 is 0 Å². The Balaban J connectivity index is 1.31. The van der Waals surface area contributed by atoms with Crippen molar-refractivity contribution in [2.45, 2.75) is 39.2 Å². The Morgan fingerprint density at radius 1 is 1.04 bits per heavy atom. The predicted octanol–water partition coefficient (Wildman–Crippen LogP) is 0.622.